The highest BCUT2D eigenvalue weighted by Crippen LogP contribution is 2.50. The van der Waals surface area contributed by atoms with Crippen molar-refractivity contribution in [1.82, 2.24) is 10.2 Å². The molecule has 1 amide bonds. The molecule has 1 saturated carbocycles. The van der Waals surface area contributed by atoms with Gasteiger partial charge in [0.1, 0.15) is 9.84 Å². The Morgan fingerprint density at radius 3 is 2.53 bits per heavy atom. The van der Waals surface area contributed by atoms with Gasteiger partial charge in [0, 0.05) is 38.4 Å². The van der Waals surface area contributed by atoms with Gasteiger partial charge >= 0.3 is 0 Å². The first-order valence-corrected chi connectivity index (χ1v) is 8.55. The van der Waals surface area contributed by atoms with Crippen LogP contribution in [0.25, 0.3) is 0 Å². The van der Waals surface area contributed by atoms with Gasteiger partial charge in [0.25, 0.3) is 0 Å². The predicted octanol–water partition coefficient (Wildman–Crippen LogP) is 0.443. The fraction of sp³-hybridized carbons (Fsp3) is 0.917. The van der Waals surface area contributed by atoms with E-state index in [9.17, 15) is 13.2 Å². The first-order valence-electron chi connectivity index (χ1n) is 6.49. The molecule has 2 rings (SSSR count). The van der Waals surface area contributed by atoms with Crippen molar-refractivity contribution in [3.8, 4) is 0 Å². The number of carbonyl (C=O) groups excluding carboxylic acids is 1. The fourth-order valence-electron chi connectivity index (χ4n) is 2.74. The van der Waals surface area contributed by atoms with Crippen LogP contribution in [0.15, 0.2) is 0 Å². The first kappa shape index (κ1) is 16.7. The lowest BCUT2D eigenvalue weighted by atomic mass is 10.0. The smallest absolute Gasteiger partial charge is 0.223 e. The van der Waals surface area contributed by atoms with E-state index in [-0.39, 0.29) is 35.5 Å². The summed E-state index contributed by atoms with van der Waals surface area (Å²) in [6.07, 6.45) is 3.38. The molecule has 0 bridgehead atoms. The lowest BCUT2D eigenvalue weighted by molar-refractivity contribution is -0.135. The molecule has 1 heterocycles. The third kappa shape index (κ3) is 4.61. The number of halogens is 1. The summed E-state index contributed by atoms with van der Waals surface area (Å²) in [5, 5.41) is 3.25. The third-order valence-corrected chi connectivity index (χ3v) is 5.01. The van der Waals surface area contributed by atoms with Crippen molar-refractivity contribution in [1.29, 1.82) is 0 Å². The van der Waals surface area contributed by atoms with E-state index in [0.717, 1.165) is 32.5 Å². The highest BCUT2D eigenvalue weighted by atomic mass is 35.5. The van der Waals surface area contributed by atoms with Crippen molar-refractivity contribution in [3.63, 3.8) is 0 Å². The molecule has 0 aromatic rings. The minimum atomic E-state index is -2.99. The molecule has 1 aliphatic heterocycles. The standard InChI is InChI=1S/C12H22N2O3S.ClH/c1-10-8-13-5-6-14(10)11(15)7-12(3-4-12)9-18(2,16)17;/h10,13H,3-9H2,1-2H3;1H/t10-;/m1./s1. The van der Waals surface area contributed by atoms with Crippen LogP contribution < -0.4 is 5.32 Å². The fourth-order valence-corrected chi connectivity index (χ4v) is 4.24. The number of nitrogens with zero attached hydrogens (tertiary/aromatic N) is 1. The number of hydrogen-bond acceptors (Lipinski definition) is 4. The van der Waals surface area contributed by atoms with Crippen molar-refractivity contribution in [2.24, 2.45) is 5.41 Å². The molecule has 1 N–H and O–H groups in total. The van der Waals surface area contributed by atoms with Gasteiger partial charge < -0.3 is 10.2 Å². The minimum Gasteiger partial charge on any atom is -0.337 e. The number of hydrogen-bond donors (Lipinski definition) is 1. The monoisotopic (exact) mass is 310 g/mol. The summed E-state index contributed by atoms with van der Waals surface area (Å²) in [6.45, 7) is 4.41. The molecule has 1 atom stereocenters. The third-order valence-electron chi connectivity index (χ3n) is 3.87. The Morgan fingerprint density at radius 2 is 2.05 bits per heavy atom. The molecule has 7 heteroatoms. The maximum Gasteiger partial charge on any atom is 0.223 e. The summed E-state index contributed by atoms with van der Waals surface area (Å²) >= 11 is 0. The van der Waals surface area contributed by atoms with Gasteiger partial charge in [-0.3, -0.25) is 4.79 Å². The normalized spacial score (nSPS) is 25.6. The molecule has 0 aromatic carbocycles. The van der Waals surface area contributed by atoms with Gasteiger partial charge in [0.05, 0.1) is 5.75 Å². The molecule has 0 aromatic heterocycles. The van der Waals surface area contributed by atoms with E-state index >= 15 is 0 Å². The SMILES string of the molecule is C[C@@H]1CNCCN1C(=O)CC1(CS(C)(=O)=O)CC1.Cl. The summed E-state index contributed by atoms with van der Waals surface area (Å²) in [4.78, 5) is 14.1. The van der Waals surface area contributed by atoms with Gasteiger partial charge in [-0.2, -0.15) is 0 Å². The van der Waals surface area contributed by atoms with E-state index in [2.05, 4.69) is 5.32 Å². The highest BCUT2D eigenvalue weighted by molar-refractivity contribution is 7.90. The molecule has 0 unspecified atom stereocenters. The van der Waals surface area contributed by atoms with Gasteiger partial charge in [-0.15, -0.1) is 12.4 Å². The Balaban J connectivity index is 0.00000180. The lowest BCUT2D eigenvalue weighted by Gasteiger charge is -2.35. The average molecular weight is 311 g/mol. The molecule has 0 spiro atoms. The van der Waals surface area contributed by atoms with Gasteiger partial charge in [-0.25, -0.2) is 8.42 Å². The quantitative estimate of drug-likeness (QED) is 0.818. The largest absolute Gasteiger partial charge is 0.337 e. The Kier molecular flexibility index (Phi) is 5.26. The molecule has 2 aliphatic rings. The second-order valence-corrected chi connectivity index (χ2v) is 8.03. The molecular formula is C12H23ClN2O3S. The molecule has 0 radical (unpaired) electrons. The van der Waals surface area contributed by atoms with Crippen LogP contribution in [0.2, 0.25) is 0 Å². The van der Waals surface area contributed by atoms with Crippen molar-refractivity contribution >= 4 is 28.2 Å². The van der Waals surface area contributed by atoms with Crippen molar-refractivity contribution in [2.75, 3.05) is 31.6 Å². The maximum absolute atomic E-state index is 12.3. The zero-order valence-corrected chi connectivity index (χ0v) is 13.1. The predicted molar refractivity (Wildman–Crippen MR) is 77.3 cm³/mol. The first-order chi connectivity index (χ1) is 8.31. The Bertz CT molecular complexity index is 434. The van der Waals surface area contributed by atoms with Crippen LogP contribution in [0.3, 0.4) is 0 Å². The summed E-state index contributed by atoms with van der Waals surface area (Å²) in [5.74, 6) is 0.275. The number of amides is 1. The van der Waals surface area contributed by atoms with Gasteiger partial charge in [0.15, 0.2) is 0 Å². The molecule has 5 nitrogen and oxygen atoms in total. The van der Waals surface area contributed by atoms with Crippen LogP contribution in [-0.2, 0) is 14.6 Å². The van der Waals surface area contributed by atoms with E-state index in [0.29, 0.717) is 6.42 Å². The maximum atomic E-state index is 12.3. The van der Waals surface area contributed by atoms with Crippen LogP contribution in [-0.4, -0.2) is 56.9 Å². The minimum absolute atomic E-state index is 0. The summed E-state index contributed by atoms with van der Waals surface area (Å²) < 4.78 is 22.7. The van der Waals surface area contributed by atoms with Crippen LogP contribution in [0, 0.1) is 5.41 Å². The van der Waals surface area contributed by atoms with Crippen molar-refractivity contribution in [3.05, 3.63) is 0 Å². The van der Waals surface area contributed by atoms with Crippen LogP contribution in [0.5, 0.6) is 0 Å². The van der Waals surface area contributed by atoms with Crippen LogP contribution >= 0.6 is 12.4 Å². The summed E-state index contributed by atoms with van der Waals surface area (Å²) in [7, 11) is -2.99. The second-order valence-electron chi connectivity index (χ2n) is 5.89. The number of rotatable bonds is 4. The number of sulfone groups is 1. The molecule has 1 saturated heterocycles. The molecule has 112 valence electrons. The molecule has 1 aliphatic carbocycles. The Hall–Kier alpha value is -0.330. The van der Waals surface area contributed by atoms with Crippen LogP contribution in [0.1, 0.15) is 26.2 Å². The molecular weight excluding hydrogens is 288 g/mol. The van der Waals surface area contributed by atoms with E-state index in [1.807, 2.05) is 11.8 Å². The number of carbonyl (C=O) groups is 1. The molecule has 19 heavy (non-hydrogen) atoms. The van der Waals surface area contributed by atoms with E-state index in [4.69, 9.17) is 0 Å². The Labute approximate surface area is 121 Å². The summed E-state index contributed by atoms with van der Waals surface area (Å²) in [5.41, 5.74) is -0.255. The Morgan fingerprint density at radius 1 is 1.42 bits per heavy atom. The van der Waals surface area contributed by atoms with E-state index in [1.165, 1.54) is 6.26 Å². The number of piperazine rings is 1. The van der Waals surface area contributed by atoms with Crippen molar-refractivity contribution in [2.45, 2.75) is 32.2 Å². The second kappa shape index (κ2) is 5.97. The van der Waals surface area contributed by atoms with Crippen molar-refractivity contribution < 1.29 is 13.2 Å². The van der Waals surface area contributed by atoms with Crippen LogP contribution in [0.4, 0.5) is 0 Å². The van der Waals surface area contributed by atoms with Gasteiger partial charge in [-0.1, -0.05) is 0 Å². The highest BCUT2D eigenvalue weighted by Gasteiger charge is 2.47. The zero-order valence-electron chi connectivity index (χ0n) is 11.5. The zero-order chi connectivity index (χ0) is 13.4. The van der Waals surface area contributed by atoms with E-state index < -0.39 is 9.84 Å². The average Bonchev–Trinajstić information content (AvgIpc) is 2.95. The lowest BCUT2D eigenvalue weighted by Crippen LogP contribution is -2.52. The summed E-state index contributed by atoms with van der Waals surface area (Å²) in [6, 6.07) is 0.209. The number of nitrogens with one attached hydrogen (secondary N) is 1. The molecule has 2 fully saturated rings. The van der Waals surface area contributed by atoms with Gasteiger partial charge in [0.2, 0.25) is 5.91 Å². The van der Waals surface area contributed by atoms with E-state index in [1.54, 1.807) is 0 Å². The van der Waals surface area contributed by atoms with Gasteiger partial charge in [-0.05, 0) is 25.2 Å². The topological polar surface area (TPSA) is 66.5 Å².